The van der Waals surface area contributed by atoms with Crippen LogP contribution in [0, 0.1) is 18.7 Å². The van der Waals surface area contributed by atoms with E-state index in [9.17, 15) is 4.39 Å². The molecular formula is C15H23FN2. The van der Waals surface area contributed by atoms with E-state index in [0.717, 1.165) is 37.7 Å². The maximum atomic E-state index is 13.2. The normalized spacial score (nSPS) is 20.8. The molecule has 3 heteroatoms. The topological polar surface area (TPSA) is 6.48 Å². The first kappa shape index (κ1) is 13.5. The molecule has 1 fully saturated rings. The Kier molecular flexibility index (Phi) is 4.36. The van der Waals surface area contributed by atoms with Crippen LogP contribution in [0.5, 0.6) is 0 Å². The summed E-state index contributed by atoms with van der Waals surface area (Å²) >= 11 is 0. The highest BCUT2D eigenvalue weighted by Crippen LogP contribution is 2.21. The minimum atomic E-state index is -0.125. The first-order valence-electron chi connectivity index (χ1n) is 6.66. The maximum absolute atomic E-state index is 13.2. The van der Waals surface area contributed by atoms with Crippen LogP contribution in [-0.2, 0) is 6.54 Å². The Hall–Kier alpha value is -0.930. The molecule has 1 heterocycles. The van der Waals surface area contributed by atoms with Crippen molar-refractivity contribution in [1.82, 2.24) is 9.80 Å². The number of halogens is 1. The van der Waals surface area contributed by atoms with Gasteiger partial charge in [-0.3, -0.25) is 4.90 Å². The highest BCUT2D eigenvalue weighted by Gasteiger charge is 2.23. The largest absolute Gasteiger partial charge is 0.309 e. The lowest BCUT2D eigenvalue weighted by Crippen LogP contribution is -2.25. The van der Waals surface area contributed by atoms with Gasteiger partial charge in [-0.1, -0.05) is 6.07 Å². The van der Waals surface area contributed by atoms with Crippen molar-refractivity contribution >= 4 is 0 Å². The van der Waals surface area contributed by atoms with Crippen LogP contribution in [0.25, 0.3) is 0 Å². The maximum Gasteiger partial charge on any atom is 0.123 e. The Bertz CT molecular complexity index is 403. The Morgan fingerprint density at radius 3 is 2.89 bits per heavy atom. The molecule has 1 aromatic rings. The van der Waals surface area contributed by atoms with E-state index in [1.54, 1.807) is 6.07 Å². The lowest BCUT2D eigenvalue weighted by atomic mass is 10.1. The molecule has 18 heavy (non-hydrogen) atoms. The smallest absolute Gasteiger partial charge is 0.123 e. The molecule has 0 radical (unpaired) electrons. The average molecular weight is 250 g/mol. The van der Waals surface area contributed by atoms with Gasteiger partial charge in [-0.15, -0.1) is 0 Å². The zero-order chi connectivity index (χ0) is 13.1. The van der Waals surface area contributed by atoms with Crippen molar-refractivity contribution in [3.63, 3.8) is 0 Å². The summed E-state index contributed by atoms with van der Waals surface area (Å²) in [4.78, 5) is 4.69. The van der Waals surface area contributed by atoms with Crippen LogP contribution in [0.2, 0.25) is 0 Å². The summed E-state index contributed by atoms with van der Waals surface area (Å²) in [5.74, 6) is 0.633. The van der Waals surface area contributed by atoms with E-state index in [1.165, 1.54) is 18.1 Å². The number of benzene rings is 1. The molecule has 1 aliphatic heterocycles. The van der Waals surface area contributed by atoms with Gasteiger partial charge in [0.2, 0.25) is 0 Å². The molecule has 0 N–H and O–H groups in total. The Balaban J connectivity index is 1.93. The molecule has 1 aliphatic rings. The molecule has 0 spiro atoms. The summed E-state index contributed by atoms with van der Waals surface area (Å²) in [6.45, 7) is 6.36. The zero-order valence-electron chi connectivity index (χ0n) is 11.6. The predicted octanol–water partition coefficient (Wildman–Crippen LogP) is 2.52. The molecule has 0 saturated carbocycles. The summed E-state index contributed by atoms with van der Waals surface area (Å²) in [7, 11) is 4.25. The van der Waals surface area contributed by atoms with Crippen LogP contribution in [-0.4, -0.2) is 43.5 Å². The minimum Gasteiger partial charge on any atom is -0.309 e. The van der Waals surface area contributed by atoms with E-state index >= 15 is 0 Å². The lowest BCUT2D eigenvalue weighted by Gasteiger charge is -2.19. The SMILES string of the molecule is Cc1ccc(F)cc1CN1CC[C@@H](CN(C)C)C1. The molecular weight excluding hydrogens is 227 g/mol. The summed E-state index contributed by atoms with van der Waals surface area (Å²) in [5.41, 5.74) is 2.31. The number of likely N-dealkylation sites (tertiary alicyclic amines) is 1. The van der Waals surface area contributed by atoms with E-state index in [-0.39, 0.29) is 5.82 Å². The van der Waals surface area contributed by atoms with Gasteiger partial charge in [0.15, 0.2) is 0 Å². The van der Waals surface area contributed by atoms with Crippen molar-refractivity contribution in [3.05, 3.63) is 35.1 Å². The second-order valence-electron chi connectivity index (χ2n) is 5.72. The molecule has 0 aliphatic carbocycles. The monoisotopic (exact) mass is 250 g/mol. The fraction of sp³-hybridized carbons (Fsp3) is 0.600. The fourth-order valence-corrected chi connectivity index (χ4v) is 2.77. The fourth-order valence-electron chi connectivity index (χ4n) is 2.77. The molecule has 1 atom stereocenters. The van der Waals surface area contributed by atoms with E-state index in [4.69, 9.17) is 0 Å². The van der Waals surface area contributed by atoms with Crippen molar-refractivity contribution in [1.29, 1.82) is 0 Å². The molecule has 0 unspecified atom stereocenters. The second kappa shape index (κ2) is 5.81. The van der Waals surface area contributed by atoms with Crippen molar-refractivity contribution in [2.24, 2.45) is 5.92 Å². The van der Waals surface area contributed by atoms with Gasteiger partial charge in [-0.05, 0) is 63.2 Å². The van der Waals surface area contributed by atoms with Crippen LogP contribution in [0.4, 0.5) is 4.39 Å². The molecule has 0 aromatic heterocycles. The van der Waals surface area contributed by atoms with E-state index in [2.05, 4.69) is 30.8 Å². The summed E-state index contributed by atoms with van der Waals surface area (Å²) in [6.07, 6.45) is 1.26. The highest BCUT2D eigenvalue weighted by atomic mass is 19.1. The van der Waals surface area contributed by atoms with Crippen molar-refractivity contribution in [2.45, 2.75) is 19.9 Å². The van der Waals surface area contributed by atoms with Crippen LogP contribution in [0.1, 0.15) is 17.5 Å². The summed E-state index contributed by atoms with van der Waals surface area (Å²) < 4.78 is 13.2. The standard InChI is InChI=1S/C15H23FN2/c1-12-4-5-15(16)8-14(12)11-18-7-6-13(10-18)9-17(2)3/h4-5,8,13H,6-7,9-11H2,1-3H3/t13-/m0/s1. The molecule has 2 nitrogen and oxygen atoms in total. The van der Waals surface area contributed by atoms with Gasteiger partial charge in [-0.2, -0.15) is 0 Å². The number of hydrogen-bond donors (Lipinski definition) is 0. The van der Waals surface area contributed by atoms with Gasteiger partial charge in [0.25, 0.3) is 0 Å². The van der Waals surface area contributed by atoms with Gasteiger partial charge in [0, 0.05) is 19.6 Å². The van der Waals surface area contributed by atoms with Crippen LogP contribution in [0.15, 0.2) is 18.2 Å². The van der Waals surface area contributed by atoms with Crippen molar-refractivity contribution < 1.29 is 4.39 Å². The zero-order valence-corrected chi connectivity index (χ0v) is 11.6. The Labute approximate surface area is 109 Å². The third-order valence-corrected chi connectivity index (χ3v) is 3.70. The van der Waals surface area contributed by atoms with Gasteiger partial charge in [-0.25, -0.2) is 4.39 Å². The lowest BCUT2D eigenvalue weighted by molar-refractivity contribution is 0.285. The molecule has 2 rings (SSSR count). The Morgan fingerprint density at radius 2 is 2.17 bits per heavy atom. The quantitative estimate of drug-likeness (QED) is 0.810. The second-order valence-corrected chi connectivity index (χ2v) is 5.72. The van der Waals surface area contributed by atoms with E-state index < -0.39 is 0 Å². The third kappa shape index (κ3) is 3.53. The molecule has 0 amide bonds. The van der Waals surface area contributed by atoms with Crippen LogP contribution < -0.4 is 0 Å². The molecule has 100 valence electrons. The highest BCUT2D eigenvalue weighted by molar-refractivity contribution is 5.26. The number of hydrogen-bond acceptors (Lipinski definition) is 2. The van der Waals surface area contributed by atoms with Gasteiger partial charge in [0.05, 0.1) is 0 Å². The first-order valence-corrected chi connectivity index (χ1v) is 6.66. The Morgan fingerprint density at radius 1 is 1.39 bits per heavy atom. The van der Waals surface area contributed by atoms with Crippen molar-refractivity contribution in [2.75, 3.05) is 33.7 Å². The third-order valence-electron chi connectivity index (χ3n) is 3.70. The number of aryl methyl sites for hydroxylation is 1. The van der Waals surface area contributed by atoms with E-state index in [0.29, 0.717) is 0 Å². The average Bonchev–Trinajstić information content (AvgIpc) is 2.70. The van der Waals surface area contributed by atoms with Crippen LogP contribution >= 0.6 is 0 Å². The number of nitrogens with zero attached hydrogens (tertiary/aromatic N) is 2. The van der Waals surface area contributed by atoms with Gasteiger partial charge >= 0.3 is 0 Å². The molecule has 0 bridgehead atoms. The molecule has 1 saturated heterocycles. The van der Waals surface area contributed by atoms with Crippen LogP contribution in [0.3, 0.4) is 0 Å². The summed E-state index contributed by atoms with van der Waals surface area (Å²) in [5, 5.41) is 0. The minimum absolute atomic E-state index is 0.125. The van der Waals surface area contributed by atoms with Gasteiger partial charge in [0.1, 0.15) is 5.82 Å². The van der Waals surface area contributed by atoms with Gasteiger partial charge < -0.3 is 4.90 Å². The van der Waals surface area contributed by atoms with E-state index in [1.807, 2.05) is 6.07 Å². The summed E-state index contributed by atoms with van der Waals surface area (Å²) in [6, 6.07) is 5.09. The molecule has 1 aromatic carbocycles. The van der Waals surface area contributed by atoms with Crippen molar-refractivity contribution in [3.8, 4) is 0 Å². The first-order chi connectivity index (χ1) is 8.54. The predicted molar refractivity (Wildman–Crippen MR) is 73.1 cm³/mol. The number of rotatable bonds is 4.